The first kappa shape index (κ1) is 17.7. The third-order valence-electron chi connectivity index (χ3n) is 5.74. The molecule has 1 heterocycles. The van der Waals surface area contributed by atoms with Gasteiger partial charge in [0.15, 0.2) is 12.6 Å². The Kier molecular flexibility index (Phi) is 5.97. The number of aldehydes is 2. The molecule has 3 heteroatoms. The van der Waals surface area contributed by atoms with Crippen molar-refractivity contribution in [1.82, 2.24) is 0 Å². The molecule has 0 aliphatic carbocycles. The number of hydrogen-bond acceptors (Lipinski definition) is 3. The lowest BCUT2D eigenvalue weighted by atomic mass is 9.78. The summed E-state index contributed by atoms with van der Waals surface area (Å²) in [6.45, 7) is 8.99. The summed E-state index contributed by atoms with van der Waals surface area (Å²) in [6, 6.07) is 5.59. The van der Waals surface area contributed by atoms with Gasteiger partial charge in [0.1, 0.15) is 0 Å². The molecular formula is C20H29NO2. The van der Waals surface area contributed by atoms with Crippen LogP contribution in [0.2, 0.25) is 0 Å². The van der Waals surface area contributed by atoms with E-state index in [0.29, 0.717) is 16.5 Å². The Bertz CT molecular complexity index is 555. The van der Waals surface area contributed by atoms with E-state index in [1.54, 1.807) is 6.07 Å². The average Bonchev–Trinajstić information content (AvgIpc) is 3.04. The van der Waals surface area contributed by atoms with Gasteiger partial charge in [-0.3, -0.25) is 9.59 Å². The smallest absolute Gasteiger partial charge is 0.150 e. The van der Waals surface area contributed by atoms with E-state index in [2.05, 4.69) is 25.7 Å². The molecule has 1 aromatic carbocycles. The molecule has 0 radical (unpaired) electrons. The molecule has 1 aromatic rings. The summed E-state index contributed by atoms with van der Waals surface area (Å²) in [5.74, 6) is 0.793. The van der Waals surface area contributed by atoms with E-state index < -0.39 is 0 Å². The van der Waals surface area contributed by atoms with E-state index in [4.69, 9.17) is 0 Å². The van der Waals surface area contributed by atoms with Crippen molar-refractivity contribution in [3.05, 3.63) is 29.3 Å². The lowest BCUT2D eigenvalue weighted by Gasteiger charge is -2.30. The van der Waals surface area contributed by atoms with E-state index in [0.717, 1.165) is 37.3 Å². The van der Waals surface area contributed by atoms with Gasteiger partial charge in [-0.05, 0) is 48.8 Å². The van der Waals surface area contributed by atoms with Crippen molar-refractivity contribution >= 4 is 18.3 Å². The van der Waals surface area contributed by atoms with Crippen LogP contribution in [-0.2, 0) is 0 Å². The Morgan fingerprint density at radius 3 is 2.57 bits per heavy atom. The maximum atomic E-state index is 11.2. The number of nitrogens with zero attached hydrogens (tertiary/aromatic N) is 1. The second-order valence-electron chi connectivity index (χ2n) is 7.13. The molecule has 0 amide bonds. The van der Waals surface area contributed by atoms with E-state index in [9.17, 15) is 9.59 Å². The number of hydrogen-bond donors (Lipinski definition) is 0. The van der Waals surface area contributed by atoms with Crippen molar-refractivity contribution < 1.29 is 9.59 Å². The standard InChI is InChI=1S/C20H29NO2/c1-4-16(3)8-9-20(5-2)10-11-21(15-20)19-7-6-17(13-22)18(12-19)14-23/h6-7,12-14,16H,4-5,8-11,15H2,1-3H3. The monoisotopic (exact) mass is 315 g/mol. The van der Waals surface area contributed by atoms with E-state index >= 15 is 0 Å². The highest BCUT2D eigenvalue weighted by Crippen LogP contribution is 2.41. The molecule has 0 saturated carbocycles. The highest BCUT2D eigenvalue weighted by atomic mass is 16.1. The van der Waals surface area contributed by atoms with Crippen LogP contribution in [-0.4, -0.2) is 25.7 Å². The first-order valence-corrected chi connectivity index (χ1v) is 8.87. The van der Waals surface area contributed by atoms with Crippen LogP contribution in [0.1, 0.15) is 73.6 Å². The molecule has 2 rings (SSSR count). The molecule has 1 aliphatic heterocycles. The van der Waals surface area contributed by atoms with Crippen LogP contribution in [0.25, 0.3) is 0 Å². The number of benzene rings is 1. The maximum absolute atomic E-state index is 11.2. The predicted molar refractivity (Wildman–Crippen MR) is 95.5 cm³/mol. The second kappa shape index (κ2) is 7.76. The van der Waals surface area contributed by atoms with Crippen LogP contribution in [0.5, 0.6) is 0 Å². The zero-order valence-electron chi connectivity index (χ0n) is 14.7. The summed E-state index contributed by atoms with van der Waals surface area (Å²) in [7, 11) is 0. The fourth-order valence-electron chi connectivity index (χ4n) is 3.55. The van der Waals surface area contributed by atoms with E-state index in [1.807, 2.05) is 12.1 Å². The molecule has 0 N–H and O–H groups in total. The maximum Gasteiger partial charge on any atom is 0.150 e. The van der Waals surface area contributed by atoms with Crippen LogP contribution >= 0.6 is 0 Å². The Balaban J connectivity index is 2.11. The third-order valence-corrected chi connectivity index (χ3v) is 5.74. The highest BCUT2D eigenvalue weighted by Gasteiger charge is 2.36. The van der Waals surface area contributed by atoms with Crippen molar-refractivity contribution in [2.24, 2.45) is 11.3 Å². The van der Waals surface area contributed by atoms with Gasteiger partial charge in [0, 0.05) is 29.9 Å². The molecule has 2 unspecified atom stereocenters. The van der Waals surface area contributed by atoms with Gasteiger partial charge in [0.05, 0.1) is 0 Å². The van der Waals surface area contributed by atoms with Crippen LogP contribution in [0, 0.1) is 11.3 Å². The molecule has 0 bridgehead atoms. The number of carbonyl (C=O) groups is 2. The molecule has 1 fully saturated rings. The quantitative estimate of drug-likeness (QED) is 0.650. The van der Waals surface area contributed by atoms with E-state index in [-0.39, 0.29) is 0 Å². The average molecular weight is 315 g/mol. The Labute approximate surface area is 140 Å². The zero-order valence-corrected chi connectivity index (χ0v) is 14.7. The largest absolute Gasteiger partial charge is 0.371 e. The molecular weight excluding hydrogens is 286 g/mol. The third kappa shape index (κ3) is 4.01. The molecule has 1 aliphatic rings. The summed E-state index contributed by atoms with van der Waals surface area (Å²) < 4.78 is 0. The van der Waals surface area contributed by atoms with Crippen molar-refractivity contribution in [3.63, 3.8) is 0 Å². The Morgan fingerprint density at radius 1 is 1.22 bits per heavy atom. The fraction of sp³-hybridized carbons (Fsp3) is 0.600. The summed E-state index contributed by atoms with van der Waals surface area (Å²) in [6.07, 6.45) is 7.77. The van der Waals surface area contributed by atoms with Gasteiger partial charge in [0.2, 0.25) is 0 Å². The molecule has 0 aromatic heterocycles. The minimum Gasteiger partial charge on any atom is -0.371 e. The lowest BCUT2D eigenvalue weighted by molar-refractivity contribution is 0.109. The summed E-state index contributed by atoms with van der Waals surface area (Å²) >= 11 is 0. The molecule has 23 heavy (non-hydrogen) atoms. The summed E-state index contributed by atoms with van der Waals surface area (Å²) in [5.41, 5.74) is 2.43. The van der Waals surface area contributed by atoms with Crippen LogP contribution in [0.15, 0.2) is 18.2 Å². The molecule has 2 atom stereocenters. The molecule has 1 saturated heterocycles. The van der Waals surface area contributed by atoms with Gasteiger partial charge in [-0.2, -0.15) is 0 Å². The van der Waals surface area contributed by atoms with E-state index in [1.165, 1.54) is 32.1 Å². The van der Waals surface area contributed by atoms with Gasteiger partial charge in [-0.15, -0.1) is 0 Å². The first-order valence-electron chi connectivity index (χ1n) is 8.87. The highest BCUT2D eigenvalue weighted by molar-refractivity contribution is 5.91. The van der Waals surface area contributed by atoms with Crippen LogP contribution in [0.4, 0.5) is 5.69 Å². The summed E-state index contributed by atoms with van der Waals surface area (Å²) in [4.78, 5) is 24.5. The van der Waals surface area contributed by atoms with Gasteiger partial charge in [-0.1, -0.05) is 33.6 Å². The Hall–Kier alpha value is -1.64. The van der Waals surface area contributed by atoms with Gasteiger partial charge in [-0.25, -0.2) is 0 Å². The Morgan fingerprint density at radius 2 is 1.96 bits per heavy atom. The van der Waals surface area contributed by atoms with Crippen LogP contribution in [0.3, 0.4) is 0 Å². The van der Waals surface area contributed by atoms with Gasteiger partial charge >= 0.3 is 0 Å². The number of rotatable bonds is 8. The lowest BCUT2D eigenvalue weighted by Crippen LogP contribution is -2.27. The van der Waals surface area contributed by atoms with Crippen molar-refractivity contribution in [1.29, 1.82) is 0 Å². The van der Waals surface area contributed by atoms with Crippen molar-refractivity contribution in [3.8, 4) is 0 Å². The molecule has 0 spiro atoms. The SMILES string of the molecule is CCC(C)CCC1(CC)CCN(c2ccc(C=O)c(C=O)c2)C1. The number of carbonyl (C=O) groups excluding carboxylic acids is 2. The van der Waals surface area contributed by atoms with Gasteiger partial charge in [0.25, 0.3) is 0 Å². The second-order valence-corrected chi connectivity index (χ2v) is 7.13. The topological polar surface area (TPSA) is 37.4 Å². The van der Waals surface area contributed by atoms with Crippen molar-refractivity contribution in [2.45, 2.75) is 52.9 Å². The van der Waals surface area contributed by atoms with Crippen LogP contribution < -0.4 is 4.90 Å². The summed E-state index contributed by atoms with van der Waals surface area (Å²) in [5, 5.41) is 0. The van der Waals surface area contributed by atoms with Crippen molar-refractivity contribution in [2.75, 3.05) is 18.0 Å². The normalized spacial score (nSPS) is 22.1. The number of anilines is 1. The minimum atomic E-state index is 0.397. The predicted octanol–water partition coefficient (Wildman–Crippen LogP) is 4.74. The zero-order chi connectivity index (χ0) is 16.9. The first-order chi connectivity index (χ1) is 11.1. The molecule has 126 valence electrons. The fourth-order valence-corrected chi connectivity index (χ4v) is 3.55. The van der Waals surface area contributed by atoms with Gasteiger partial charge < -0.3 is 4.90 Å². The minimum absolute atomic E-state index is 0.397. The molecule has 3 nitrogen and oxygen atoms in total.